The molecule has 1 aromatic rings. The lowest BCUT2D eigenvalue weighted by Gasteiger charge is -2.22. The highest BCUT2D eigenvalue weighted by molar-refractivity contribution is 5.14. The van der Waals surface area contributed by atoms with Crippen molar-refractivity contribution in [2.24, 2.45) is 0 Å². The van der Waals surface area contributed by atoms with Crippen molar-refractivity contribution in [1.29, 1.82) is 0 Å². The van der Waals surface area contributed by atoms with Crippen LogP contribution in [0, 0.1) is 0 Å². The van der Waals surface area contributed by atoms with Crippen molar-refractivity contribution in [2.45, 2.75) is 19.4 Å². The van der Waals surface area contributed by atoms with Crippen molar-refractivity contribution in [3.63, 3.8) is 0 Å². The fourth-order valence-corrected chi connectivity index (χ4v) is 1.55. The van der Waals surface area contributed by atoms with Crippen molar-refractivity contribution >= 4 is 0 Å². The second-order valence-electron chi connectivity index (χ2n) is 4.06. The number of rotatable bonds is 6. The molecular formula is C12H21N3. The molecule has 0 radical (unpaired) electrons. The molecule has 84 valence electrons. The van der Waals surface area contributed by atoms with Crippen LogP contribution < -0.4 is 5.32 Å². The SMILES string of the molecule is CCCNC(CN(C)C)c1cccnc1. The predicted molar refractivity (Wildman–Crippen MR) is 63.8 cm³/mol. The molecule has 0 saturated carbocycles. The summed E-state index contributed by atoms with van der Waals surface area (Å²) in [6.07, 6.45) is 4.91. The Morgan fingerprint density at radius 2 is 2.27 bits per heavy atom. The normalized spacial score (nSPS) is 13.1. The molecule has 1 rings (SSSR count). The number of nitrogens with one attached hydrogen (secondary N) is 1. The molecule has 1 unspecified atom stereocenters. The molecule has 0 saturated heterocycles. The van der Waals surface area contributed by atoms with E-state index in [2.05, 4.69) is 42.3 Å². The average molecular weight is 207 g/mol. The molecule has 15 heavy (non-hydrogen) atoms. The van der Waals surface area contributed by atoms with Gasteiger partial charge in [0, 0.05) is 25.0 Å². The van der Waals surface area contributed by atoms with E-state index in [0.717, 1.165) is 19.5 Å². The fourth-order valence-electron chi connectivity index (χ4n) is 1.55. The molecule has 3 heteroatoms. The molecule has 0 amide bonds. The number of hydrogen-bond acceptors (Lipinski definition) is 3. The van der Waals surface area contributed by atoms with Crippen LogP contribution in [0.3, 0.4) is 0 Å². The Morgan fingerprint density at radius 1 is 1.47 bits per heavy atom. The fraction of sp³-hybridized carbons (Fsp3) is 0.583. The third-order valence-corrected chi connectivity index (χ3v) is 2.28. The molecule has 0 bridgehead atoms. The van der Waals surface area contributed by atoms with Gasteiger partial charge in [0.15, 0.2) is 0 Å². The van der Waals surface area contributed by atoms with Crippen LogP contribution in [0.1, 0.15) is 24.9 Å². The molecule has 0 spiro atoms. The van der Waals surface area contributed by atoms with Gasteiger partial charge in [0.1, 0.15) is 0 Å². The Balaban J connectivity index is 2.63. The summed E-state index contributed by atoms with van der Waals surface area (Å²) in [5.41, 5.74) is 1.26. The highest BCUT2D eigenvalue weighted by Crippen LogP contribution is 2.11. The zero-order valence-corrected chi connectivity index (χ0v) is 9.90. The molecule has 1 atom stereocenters. The Labute approximate surface area is 92.5 Å². The van der Waals surface area contributed by atoms with E-state index in [1.807, 2.05) is 18.5 Å². The first-order valence-electron chi connectivity index (χ1n) is 5.52. The molecule has 0 aliphatic rings. The van der Waals surface area contributed by atoms with Crippen LogP contribution in [0.5, 0.6) is 0 Å². The Kier molecular flexibility index (Phi) is 5.29. The summed E-state index contributed by atoms with van der Waals surface area (Å²) in [5, 5.41) is 3.54. The maximum Gasteiger partial charge on any atom is 0.0464 e. The molecular weight excluding hydrogens is 186 g/mol. The van der Waals surface area contributed by atoms with E-state index in [0.29, 0.717) is 6.04 Å². The summed E-state index contributed by atoms with van der Waals surface area (Å²) in [5.74, 6) is 0. The molecule has 0 aromatic carbocycles. The third-order valence-electron chi connectivity index (χ3n) is 2.28. The topological polar surface area (TPSA) is 28.2 Å². The Bertz CT molecular complexity index is 259. The first-order valence-corrected chi connectivity index (χ1v) is 5.52. The van der Waals surface area contributed by atoms with E-state index in [4.69, 9.17) is 0 Å². The van der Waals surface area contributed by atoms with Crippen molar-refractivity contribution in [3.8, 4) is 0 Å². The van der Waals surface area contributed by atoms with Gasteiger partial charge >= 0.3 is 0 Å². The van der Waals surface area contributed by atoms with Gasteiger partial charge in [-0.25, -0.2) is 0 Å². The average Bonchev–Trinajstić information content (AvgIpc) is 2.25. The molecule has 3 nitrogen and oxygen atoms in total. The Morgan fingerprint density at radius 3 is 2.80 bits per heavy atom. The summed E-state index contributed by atoms with van der Waals surface area (Å²) in [7, 11) is 4.19. The maximum absolute atomic E-state index is 4.16. The van der Waals surface area contributed by atoms with E-state index in [1.54, 1.807) is 0 Å². The minimum absolute atomic E-state index is 0.383. The van der Waals surface area contributed by atoms with Gasteiger partial charge in [-0.05, 0) is 38.7 Å². The van der Waals surface area contributed by atoms with Crippen LogP contribution in [-0.2, 0) is 0 Å². The van der Waals surface area contributed by atoms with Gasteiger partial charge in [-0.3, -0.25) is 4.98 Å². The van der Waals surface area contributed by atoms with Crippen LogP contribution >= 0.6 is 0 Å². The van der Waals surface area contributed by atoms with Gasteiger partial charge in [0.05, 0.1) is 0 Å². The van der Waals surface area contributed by atoms with Gasteiger partial charge < -0.3 is 10.2 Å². The molecule has 1 N–H and O–H groups in total. The minimum atomic E-state index is 0.383. The van der Waals surface area contributed by atoms with Gasteiger partial charge in [-0.1, -0.05) is 13.0 Å². The first kappa shape index (κ1) is 12.1. The number of pyridine rings is 1. The third kappa shape index (κ3) is 4.40. The van der Waals surface area contributed by atoms with Crippen LogP contribution in [-0.4, -0.2) is 37.1 Å². The quantitative estimate of drug-likeness (QED) is 0.769. The smallest absolute Gasteiger partial charge is 0.0464 e. The van der Waals surface area contributed by atoms with Gasteiger partial charge in [0.25, 0.3) is 0 Å². The summed E-state index contributed by atoms with van der Waals surface area (Å²) in [4.78, 5) is 6.36. The molecule has 0 aliphatic heterocycles. The lowest BCUT2D eigenvalue weighted by atomic mass is 10.1. The summed E-state index contributed by atoms with van der Waals surface area (Å²) in [6, 6.07) is 4.50. The predicted octanol–water partition coefficient (Wildman–Crippen LogP) is 1.68. The van der Waals surface area contributed by atoms with Crippen LogP contribution in [0.4, 0.5) is 0 Å². The lowest BCUT2D eigenvalue weighted by molar-refractivity contribution is 0.341. The monoisotopic (exact) mass is 207 g/mol. The number of hydrogen-bond donors (Lipinski definition) is 1. The molecule has 0 aliphatic carbocycles. The van der Waals surface area contributed by atoms with Crippen molar-refractivity contribution in [2.75, 3.05) is 27.2 Å². The lowest BCUT2D eigenvalue weighted by Crippen LogP contribution is -2.31. The Hall–Kier alpha value is -0.930. The second-order valence-corrected chi connectivity index (χ2v) is 4.06. The van der Waals surface area contributed by atoms with Gasteiger partial charge in [0.2, 0.25) is 0 Å². The summed E-state index contributed by atoms with van der Waals surface area (Å²) < 4.78 is 0. The number of nitrogens with zero attached hydrogens (tertiary/aromatic N) is 2. The summed E-state index contributed by atoms with van der Waals surface area (Å²) in [6.45, 7) is 4.24. The number of likely N-dealkylation sites (N-methyl/N-ethyl adjacent to an activating group) is 1. The largest absolute Gasteiger partial charge is 0.309 e. The zero-order chi connectivity index (χ0) is 11.1. The van der Waals surface area contributed by atoms with E-state index in [-0.39, 0.29) is 0 Å². The number of aromatic nitrogens is 1. The molecule has 1 aromatic heterocycles. The first-order chi connectivity index (χ1) is 7.24. The van der Waals surface area contributed by atoms with Crippen molar-refractivity contribution in [1.82, 2.24) is 15.2 Å². The standard InChI is InChI=1S/C12H21N3/c1-4-7-14-12(10-15(2)3)11-6-5-8-13-9-11/h5-6,8-9,12,14H,4,7,10H2,1-3H3. The molecule has 0 fully saturated rings. The van der Waals surface area contributed by atoms with E-state index in [1.165, 1.54) is 5.56 Å². The van der Waals surface area contributed by atoms with Crippen molar-refractivity contribution in [3.05, 3.63) is 30.1 Å². The van der Waals surface area contributed by atoms with E-state index >= 15 is 0 Å². The zero-order valence-electron chi connectivity index (χ0n) is 9.90. The highest BCUT2D eigenvalue weighted by Gasteiger charge is 2.10. The minimum Gasteiger partial charge on any atom is -0.309 e. The van der Waals surface area contributed by atoms with E-state index < -0.39 is 0 Å². The van der Waals surface area contributed by atoms with Crippen LogP contribution in [0.2, 0.25) is 0 Å². The summed E-state index contributed by atoms with van der Waals surface area (Å²) >= 11 is 0. The van der Waals surface area contributed by atoms with Gasteiger partial charge in [-0.2, -0.15) is 0 Å². The van der Waals surface area contributed by atoms with E-state index in [9.17, 15) is 0 Å². The van der Waals surface area contributed by atoms with Crippen LogP contribution in [0.15, 0.2) is 24.5 Å². The van der Waals surface area contributed by atoms with Crippen molar-refractivity contribution < 1.29 is 0 Å². The second kappa shape index (κ2) is 6.53. The molecule has 1 heterocycles. The van der Waals surface area contributed by atoms with Gasteiger partial charge in [-0.15, -0.1) is 0 Å². The van der Waals surface area contributed by atoms with Crippen LogP contribution in [0.25, 0.3) is 0 Å². The maximum atomic E-state index is 4.16. The highest BCUT2D eigenvalue weighted by atomic mass is 15.1.